The Morgan fingerprint density at radius 1 is 1.38 bits per heavy atom. The minimum absolute atomic E-state index is 0.705. The van der Waals surface area contributed by atoms with Gasteiger partial charge < -0.3 is 11.1 Å². The zero-order chi connectivity index (χ0) is 11.4. The molecule has 0 unspecified atom stereocenters. The molecule has 0 spiro atoms. The largest absolute Gasteiger partial charge is 0.396 e. The molecule has 0 aliphatic rings. The molecular formula is C12H15N3S. The fourth-order valence-corrected chi connectivity index (χ4v) is 2.18. The first-order chi connectivity index (χ1) is 7.75. The van der Waals surface area contributed by atoms with Gasteiger partial charge in [-0.25, -0.2) is 4.98 Å². The highest BCUT2D eigenvalue weighted by Crippen LogP contribution is 2.16. The van der Waals surface area contributed by atoms with Crippen LogP contribution in [0.4, 0.5) is 11.5 Å². The fraction of sp³-hybridized carbons (Fsp3) is 0.250. The lowest BCUT2D eigenvalue weighted by Gasteiger charge is -2.08. The zero-order valence-corrected chi connectivity index (χ0v) is 10.1. The summed E-state index contributed by atoms with van der Waals surface area (Å²) in [6.07, 6.45) is 1.01. The molecule has 3 N–H and O–H groups in total. The summed E-state index contributed by atoms with van der Waals surface area (Å²) in [5.74, 6) is 0.788. The summed E-state index contributed by atoms with van der Waals surface area (Å²) in [6.45, 7) is 2.82. The van der Waals surface area contributed by atoms with E-state index in [4.69, 9.17) is 5.73 Å². The lowest BCUT2D eigenvalue weighted by atomic mass is 10.3. The first-order valence-corrected chi connectivity index (χ1v) is 6.13. The number of nitrogen functional groups attached to an aromatic ring is 1. The monoisotopic (exact) mass is 233 g/mol. The van der Waals surface area contributed by atoms with E-state index in [0.29, 0.717) is 5.69 Å². The number of anilines is 2. The van der Waals surface area contributed by atoms with Crippen molar-refractivity contribution in [3.63, 3.8) is 0 Å². The molecule has 0 aliphatic heterocycles. The van der Waals surface area contributed by atoms with Crippen molar-refractivity contribution in [3.05, 3.63) is 40.2 Å². The molecule has 0 amide bonds. The van der Waals surface area contributed by atoms with Gasteiger partial charge in [-0.3, -0.25) is 0 Å². The molecule has 2 aromatic heterocycles. The summed E-state index contributed by atoms with van der Waals surface area (Å²) in [7, 11) is 0. The number of thiophene rings is 1. The molecule has 0 atom stereocenters. The van der Waals surface area contributed by atoms with E-state index in [-0.39, 0.29) is 0 Å². The third-order valence-corrected chi connectivity index (χ3v) is 3.25. The van der Waals surface area contributed by atoms with Gasteiger partial charge >= 0.3 is 0 Å². The van der Waals surface area contributed by atoms with Crippen LogP contribution in [0.3, 0.4) is 0 Å². The summed E-state index contributed by atoms with van der Waals surface area (Å²) in [5, 5.41) is 5.35. The smallest absolute Gasteiger partial charge is 0.149 e. The summed E-state index contributed by atoms with van der Waals surface area (Å²) in [6, 6.07) is 8.01. The first kappa shape index (κ1) is 11.0. The van der Waals surface area contributed by atoms with Crippen LogP contribution in [-0.4, -0.2) is 11.5 Å². The second-order valence-corrected chi connectivity index (χ2v) is 4.68. The highest BCUT2D eigenvalue weighted by atomic mass is 32.1. The van der Waals surface area contributed by atoms with Gasteiger partial charge in [0.15, 0.2) is 0 Å². The average Bonchev–Trinajstić information content (AvgIpc) is 2.76. The van der Waals surface area contributed by atoms with Crippen LogP contribution in [0.2, 0.25) is 0 Å². The van der Waals surface area contributed by atoms with Gasteiger partial charge in [-0.2, -0.15) is 0 Å². The van der Waals surface area contributed by atoms with Crippen molar-refractivity contribution in [2.75, 3.05) is 17.6 Å². The quantitative estimate of drug-likeness (QED) is 0.853. The van der Waals surface area contributed by atoms with Crippen LogP contribution < -0.4 is 11.1 Å². The van der Waals surface area contributed by atoms with E-state index in [1.807, 2.05) is 19.1 Å². The second-order valence-electron chi connectivity index (χ2n) is 3.65. The maximum Gasteiger partial charge on any atom is 0.149 e. The summed E-state index contributed by atoms with van der Waals surface area (Å²) < 4.78 is 0. The fourth-order valence-electron chi connectivity index (χ4n) is 1.47. The average molecular weight is 233 g/mol. The molecule has 0 radical (unpaired) electrons. The van der Waals surface area contributed by atoms with Crippen molar-refractivity contribution < 1.29 is 0 Å². The Labute approximate surface area is 99.3 Å². The SMILES string of the molecule is Cc1ccc(N)c(NCCc2cccs2)n1. The molecule has 0 saturated heterocycles. The lowest BCUT2D eigenvalue weighted by molar-refractivity contribution is 1.02. The summed E-state index contributed by atoms with van der Waals surface area (Å²) in [4.78, 5) is 5.73. The number of nitrogens with zero attached hydrogens (tertiary/aromatic N) is 1. The Hall–Kier alpha value is -1.55. The molecule has 0 aromatic carbocycles. The molecule has 16 heavy (non-hydrogen) atoms. The first-order valence-electron chi connectivity index (χ1n) is 5.25. The van der Waals surface area contributed by atoms with Crippen LogP contribution in [0.1, 0.15) is 10.6 Å². The number of hydrogen-bond acceptors (Lipinski definition) is 4. The molecule has 0 bridgehead atoms. The van der Waals surface area contributed by atoms with Crippen molar-refractivity contribution in [2.45, 2.75) is 13.3 Å². The molecule has 0 aliphatic carbocycles. The number of aromatic nitrogens is 1. The van der Waals surface area contributed by atoms with Crippen molar-refractivity contribution in [2.24, 2.45) is 0 Å². The van der Waals surface area contributed by atoms with Crippen molar-refractivity contribution >= 4 is 22.8 Å². The van der Waals surface area contributed by atoms with Gasteiger partial charge in [0.1, 0.15) is 5.82 Å². The van der Waals surface area contributed by atoms with Gasteiger partial charge in [-0.15, -0.1) is 11.3 Å². The maximum atomic E-state index is 5.83. The van der Waals surface area contributed by atoms with E-state index in [1.165, 1.54) is 4.88 Å². The molecular weight excluding hydrogens is 218 g/mol. The van der Waals surface area contributed by atoms with E-state index in [0.717, 1.165) is 24.5 Å². The predicted molar refractivity (Wildman–Crippen MR) is 69.9 cm³/mol. The summed E-state index contributed by atoms with van der Waals surface area (Å²) in [5.41, 5.74) is 7.51. The molecule has 3 nitrogen and oxygen atoms in total. The number of pyridine rings is 1. The molecule has 2 rings (SSSR count). The predicted octanol–water partition coefficient (Wildman–Crippen LogP) is 2.69. The lowest BCUT2D eigenvalue weighted by Crippen LogP contribution is -2.08. The molecule has 4 heteroatoms. The van der Waals surface area contributed by atoms with Crippen LogP contribution in [0.25, 0.3) is 0 Å². The zero-order valence-electron chi connectivity index (χ0n) is 9.23. The minimum atomic E-state index is 0.705. The van der Waals surface area contributed by atoms with Crippen LogP contribution >= 0.6 is 11.3 Å². The summed E-state index contributed by atoms with van der Waals surface area (Å²) >= 11 is 1.77. The third kappa shape index (κ3) is 2.73. The van der Waals surface area contributed by atoms with E-state index >= 15 is 0 Å². The van der Waals surface area contributed by atoms with Crippen LogP contribution in [0.5, 0.6) is 0 Å². The van der Waals surface area contributed by atoms with Crippen molar-refractivity contribution in [1.29, 1.82) is 0 Å². The maximum absolute atomic E-state index is 5.83. The Morgan fingerprint density at radius 3 is 3.00 bits per heavy atom. The van der Waals surface area contributed by atoms with E-state index in [1.54, 1.807) is 11.3 Å². The molecule has 84 valence electrons. The minimum Gasteiger partial charge on any atom is -0.396 e. The van der Waals surface area contributed by atoms with Gasteiger partial charge in [-0.05, 0) is 36.9 Å². The standard InChI is InChI=1S/C12H15N3S/c1-9-4-5-11(13)12(15-9)14-7-6-10-3-2-8-16-10/h2-5,8H,6-7,13H2,1H3,(H,14,15). The van der Waals surface area contributed by atoms with E-state index in [9.17, 15) is 0 Å². The van der Waals surface area contributed by atoms with E-state index in [2.05, 4.69) is 27.8 Å². The van der Waals surface area contributed by atoms with Gasteiger partial charge in [0.05, 0.1) is 5.69 Å². The number of nitrogens with one attached hydrogen (secondary N) is 1. The number of aryl methyl sites for hydroxylation is 1. The Bertz CT molecular complexity index is 451. The number of rotatable bonds is 4. The molecule has 2 heterocycles. The van der Waals surface area contributed by atoms with Crippen LogP contribution in [-0.2, 0) is 6.42 Å². The second kappa shape index (κ2) is 4.99. The Balaban J connectivity index is 1.92. The topological polar surface area (TPSA) is 50.9 Å². The van der Waals surface area contributed by atoms with Crippen molar-refractivity contribution in [1.82, 2.24) is 4.98 Å². The molecule has 0 fully saturated rings. The number of hydrogen-bond donors (Lipinski definition) is 2. The van der Waals surface area contributed by atoms with E-state index < -0.39 is 0 Å². The Morgan fingerprint density at radius 2 is 2.25 bits per heavy atom. The normalized spacial score (nSPS) is 10.3. The van der Waals surface area contributed by atoms with Gasteiger partial charge in [-0.1, -0.05) is 6.07 Å². The van der Waals surface area contributed by atoms with Crippen LogP contribution in [0, 0.1) is 6.92 Å². The Kier molecular flexibility index (Phi) is 3.41. The number of nitrogens with two attached hydrogens (primary N) is 1. The highest BCUT2D eigenvalue weighted by Gasteiger charge is 2.00. The molecule has 2 aromatic rings. The van der Waals surface area contributed by atoms with Gasteiger partial charge in [0.2, 0.25) is 0 Å². The third-order valence-electron chi connectivity index (χ3n) is 2.31. The van der Waals surface area contributed by atoms with Crippen molar-refractivity contribution in [3.8, 4) is 0 Å². The van der Waals surface area contributed by atoms with Crippen LogP contribution in [0.15, 0.2) is 29.6 Å². The highest BCUT2D eigenvalue weighted by molar-refractivity contribution is 7.09. The van der Waals surface area contributed by atoms with Gasteiger partial charge in [0, 0.05) is 17.1 Å². The van der Waals surface area contributed by atoms with Gasteiger partial charge in [0.25, 0.3) is 0 Å². The molecule has 0 saturated carbocycles.